The molecule has 0 saturated carbocycles. The summed E-state index contributed by atoms with van der Waals surface area (Å²) in [5.74, 6) is 0.648. The summed E-state index contributed by atoms with van der Waals surface area (Å²) in [5.41, 5.74) is 6.86. The van der Waals surface area contributed by atoms with Crippen molar-refractivity contribution in [3.05, 3.63) is 23.9 Å². The lowest BCUT2D eigenvalue weighted by atomic mass is 10.2. The maximum absolute atomic E-state index is 5.74. The highest BCUT2D eigenvalue weighted by molar-refractivity contribution is 5.38. The van der Waals surface area contributed by atoms with Gasteiger partial charge in [-0.25, -0.2) is 4.98 Å². The smallest absolute Gasteiger partial charge is 0.127 e. The van der Waals surface area contributed by atoms with Crippen molar-refractivity contribution < 1.29 is 0 Å². The molecule has 0 aliphatic heterocycles. The van der Waals surface area contributed by atoms with Crippen molar-refractivity contribution in [2.24, 2.45) is 0 Å². The molecule has 3 nitrogen and oxygen atoms in total. The molecule has 0 fully saturated rings. The van der Waals surface area contributed by atoms with Gasteiger partial charge in [-0.2, -0.15) is 0 Å². The maximum atomic E-state index is 5.74. The fourth-order valence-corrected chi connectivity index (χ4v) is 1.27. The van der Waals surface area contributed by atoms with Crippen molar-refractivity contribution in [3.63, 3.8) is 0 Å². The number of hydrogen-bond acceptors (Lipinski definition) is 3. The van der Waals surface area contributed by atoms with Crippen LogP contribution in [0.1, 0.15) is 19.4 Å². The van der Waals surface area contributed by atoms with Gasteiger partial charge in [-0.05, 0) is 19.2 Å². The summed E-state index contributed by atoms with van der Waals surface area (Å²) >= 11 is 0. The van der Waals surface area contributed by atoms with Gasteiger partial charge in [0, 0.05) is 18.3 Å². The standard InChI is InChI=1S/C10H17N3/c1-3-13(4-2)8-9-6-5-7-12-10(9)11/h5-7H,3-4,8H2,1-2H3,(H2,11,12). The Hall–Kier alpha value is -1.09. The lowest BCUT2D eigenvalue weighted by molar-refractivity contribution is 0.296. The van der Waals surface area contributed by atoms with Crippen LogP contribution in [-0.4, -0.2) is 23.0 Å². The molecule has 0 atom stereocenters. The second-order valence-electron chi connectivity index (χ2n) is 3.01. The molecule has 2 N–H and O–H groups in total. The molecule has 0 radical (unpaired) electrons. The molecular weight excluding hydrogens is 162 g/mol. The molecule has 0 saturated heterocycles. The summed E-state index contributed by atoms with van der Waals surface area (Å²) in [4.78, 5) is 6.36. The number of anilines is 1. The molecule has 0 aliphatic carbocycles. The number of nitrogens with zero attached hydrogens (tertiary/aromatic N) is 2. The molecule has 1 heterocycles. The largest absolute Gasteiger partial charge is 0.383 e. The third kappa shape index (κ3) is 2.70. The van der Waals surface area contributed by atoms with Crippen LogP contribution >= 0.6 is 0 Å². The minimum atomic E-state index is 0.648. The summed E-state index contributed by atoms with van der Waals surface area (Å²) in [6.07, 6.45) is 1.72. The molecule has 0 bridgehead atoms. The third-order valence-corrected chi connectivity index (χ3v) is 2.21. The number of nitrogen functional groups attached to an aromatic ring is 1. The lowest BCUT2D eigenvalue weighted by Gasteiger charge is -2.18. The van der Waals surface area contributed by atoms with Crippen LogP contribution in [0.25, 0.3) is 0 Å². The molecule has 0 amide bonds. The Bertz CT molecular complexity index is 256. The predicted molar refractivity (Wildman–Crippen MR) is 55.3 cm³/mol. The van der Waals surface area contributed by atoms with Crippen LogP contribution in [-0.2, 0) is 6.54 Å². The highest BCUT2D eigenvalue weighted by Gasteiger charge is 2.03. The van der Waals surface area contributed by atoms with Gasteiger partial charge in [-0.3, -0.25) is 4.90 Å². The van der Waals surface area contributed by atoms with Gasteiger partial charge in [-0.15, -0.1) is 0 Å². The second-order valence-corrected chi connectivity index (χ2v) is 3.01. The SMILES string of the molecule is CCN(CC)Cc1cccnc1N. The van der Waals surface area contributed by atoms with E-state index >= 15 is 0 Å². The summed E-state index contributed by atoms with van der Waals surface area (Å²) in [6, 6.07) is 3.95. The Balaban J connectivity index is 2.67. The molecule has 72 valence electrons. The first-order chi connectivity index (χ1) is 6.27. The highest BCUT2D eigenvalue weighted by Crippen LogP contribution is 2.09. The van der Waals surface area contributed by atoms with E-state index in [0.29, 0.717) is 5.82 Å². The molecule has 0 unspecified atom stereocenters. The molecule has 1 aromatic heterocycles. The molecule has 1 rings (SSSR count). The highest BCUT2D eigenvalue weighted by atomic mass is 15.1. The Labute approximate surface area is 79.6 Å². The summed E-state index contributed by atoms with van der Waals surface area (Å²) in [6.45, 7) is 7.29. The van der Waals surface area contributed by atoms with Gasteiger partial charge in [0.05, 0.1) is 0 Å². The van der Waals surface area contributed by atoms with E-state index in [1.807, 2.05) is 12.1 Å². The quantitative estimate of drug-likeness (QED) is 0.761. The number of aromatic nitrogens is 1. The second kappa shape index (κ2) is 4.82. The van der Waals surface area contributed by atoms with Crippen LogP contribution in [0.5, 0.6) is 0 Å². The van der Waals surface area contributed by atoms with E-state index in [1.54, 1.807) is 6.20 Å². The fraction of sp³-hybridized carbons (Fsp3) is 0.500. The predicted octanol–water partition coefficient (Wildman–Crippen LogP) is 1.51. The number of pyridine rings is 1. The van der Waals surface area contributed by atoms with Crippen LogP contribution in [0.15, 0.2) is 18.3 Å². The topological polar surface area (TPSA) is 42.2 Å². The van der Waals surface area contributed by atoms with E-state index in [-0.39, 0.29) is 0 Å². The Morgan fingerprint density at radius 2 is 2.08 bits per heavy atom. The zero-order valence-electron chi connectivity index (χ0n) is 8.33. The van der Waals surface area contributed by atoms with E-state index < -0.39 is 0 Å². The maximum Gasteiger partial charge on any atom is 0.127 e. The van der Waals surface area contributed by atoms with Gasteiger partial charge in [0.15, 0.2) is 0 Å². The summed E-state index contributed by atoms with van der Waals surface area (Å²) in [7, 11) is 0. The third-order valence-electron chi connectivity index (χ3n) is 2.21. The zero-order chi connectivity index (χ0) is 9.68. The minimum absolute atomic E-state index is 0.648. The van der Waals surface area contributed by atoms with E-state index in [2.05, 4.69) is 23.7 Å². The number of nitrogens with two attached hydrogens (primary N) is 1. The molecule has 0 aromatic carbocycles. The normalized spacial score (nSPS) is 10.7. The van der Waals surface area contributed by atoms with Crippen LogP contribution in [0.3, 0.4) is 0 Å². The zero-order valence-corrected chi connectivity index (χ0v) is 8.33. The van der Waals surface area contributed by atoms with Crippen molar-refractivity contribution in [2.45, 2.75) is 20.4 Å². The number of rotatable bonds is 4. The van der Waals surface area contributed by atoms with E-state index in [0.717, 1.165) is 25.2 Å². The first kappa shape index (κ1) is 9.99. The Morgan fingerprint density at radius 1 is 1.38 bits per heavy atom. The van der Waals surface area contributed by atoms with Crippen molar-refractivity contribution in [1.82, 2.24) is 9.88 Å². The van der Waals surface area contributed by atoms with Crippen molar-refractivity contribution in [2.75, 3.05) is 18.8 Å². The lowest BCUT2D eigenvalue weighted by Crippen LogP contribution is -2.22. The van der Waals surface area contributed by atoms with Gasteiger partial charge in [0.1, 0.15) is 5.82 Å². The monoisotopic (exact) mass is 179 g/mol. The number of hydrogen-bond donors (Lipinski definition) is 1. The van der Waals surface area contributed by atoms with E-state index in [1.165, 1.54) is 0 Å². The van der Waals surface area contributed by atoms with Crippen molar-refractivity contribution in [3.8, 4) is 0 Å². The first-order valence-corrected chi connectivity index (χ1v) is 4.69. The Kier molecular flexibility index (Phi) is 3.71. The minimum Gasteiger partial charge on any atom is -0.383 e. The molecular formula is C10H17N3. The molecule has 3 heteroatoms. The summed E-state index contributed by atoms with van der Waals surface area (Å²) < 4.78 is 0. The van der Waals surface area contributed by atoms with Crippen LogP contribution in [0, 0.1) is 0 Å². The van der Waals surface area contributed by atoms with Gasteiger partial charge in [-0.1, -0.05) is 19.9 Å². The van der Waals surface area contributed by atoms with Gasteiger partial charge in [0.2, 0.25) is 0 Å². The molecule has 0 spiro atoms. The van der Waals surface area contributed by atoms with Gasteiger partial charge >= 0.3 is 0 Å². The average molecular weight is 179 g/mol. The fourth-order valence-electron chi connectivity index (χ4n) is 1.27. The molecule has 0 aliphatic rings. The average Bonchev–Trinajstić information content (AvgIpc) is 2.17. The van der Waals surface area contributed by atoms with Crippen LogP contribution in [0.2, 0.25) is 0 Å². The summed E-state index contributed by atoms with van der Waals surface area (Å²) in [5, 5.41) is 0. The van der Waals surface area contributed by atoms with Gasteiger partial charge in [0.25, 0.3) is 0 Å². The van der Waals surface area contributed by atoms with Crippen molar-refractivity contribution in [1.29, 1.82) is 0 Å². The molecule has 1 aromatic rings. The molecule has 13 heavy (non-hydrogen) atoms. The first-order valence-electron chi connectivity index (χ1n) is 4.69. The van der Waals surface area contributed by atoms with E-state index in [4.69, 9.17) is 5.73 Å². The van der Waals surface area contributed by atoms with Gasteiger partial charge < -0.3 is 5.73 Å². The van der Waals surface area contributed by atoms with Crippen LogP contribution < -0.4 is 5.73 Å². The van der Waals surface area contributed by atoms with Crippen molar-refractivity contribution >= 4 is 5.82 Å². The van der Waals surface area contributed by atoms with E-state index in [9.17, 15) is 0 Å². The van der Waals surface area contributed by atoms with Crippen LogP contribution in [0.4, 0.5) is 5.82 Å². The Morgan fingerprint density at radius 3 is 2.62 bits per heavy atom.